The fourth-order valence-electron chi connectivity index (χ4n) is 3.86. The molecule has 3 aromatic rings. The number of ether oxygens (including phenoxy) is 2. The Balaban J connectivity index is 1.76. The Kier molecular flexibility index (Phi) is 4.60. The molecule has 0 bridgehead atoms. The van der Waals surface area contributed by atoms with E-state index in [1.165, 1.54) is 6.42 Å². The lowest BCUT2D eigenvalue weighted by atomic mass is 9.89. The van der Waals surface area contributed by atoms with Crippen molar-refractivity contribution in [3.05, 3.63) is 46.3 Å². The molecule has 1 aromatic heterocycles. The number of methoxy groups -OCH3 is 1. The quantitative estimate of drug-likeness (QED) is 0.290. The second kappa shape index (κ2) is 7.06. The van der Waals surface area contributed by atoms with Crippen molar-refractivity contribution in [2.75, 3.05) is 7.11 Å². The molecule has 140 valence electrons. The molecule has 1 fully saturated rings. The molecule has 0 spiro atoms. The van der Waals surface area contributed by atoms with Crippen molar-refractivity contribution in [3.63, 3.8) is 0 Å². The van der Waals surface area contributed by atoms with Crippen molar-refractivity contribution in [2.24, 2.45) is 5.92 Å². The predicted octanol–water partition coefficient (Wildman–Crippen LogP) is 4.75. The van der Waals surface area contributed by atoms with Gasteiger partial charge >= 0.3 is 11.6 Å². The van der Waals surface area contributed by atoms with E-state index in [4.69, 9.17) is 13.9 Å². The molecule has 27 heavy (non-hydrogen) atoms. The smallest absolute Gasteiger partial charge is 0.344 e. The zero-order valence-corrected chi connectivity index (χ0v) is 15.5. The number of benzene rings is 2. The van der Waals surface area contributed by atoms with Crippen molar-refractivity contribution in [3.8, 4) is 11.5 Å². The topological polar surface area (TPSA) is 65.7 Å². The summed E-state index contributed by atoms with van der Waals surface area (Å²) in [5.41, 5.74) is 0.674. The number of hydrogen-bond acceptors (Lipinski definition) is 5. The van der Waals surface area contributed by atoms with Gasteiger partial charge < -0.3 is 13.9 Å². The first-order chi connectivity index (χ1) is 13.1. The SMILES string of the molecule is COc1ccc2c(c1)c(=O)oc1c(C)c(OC(=O)C3CCCCC3)ccc12. The Morgan fingerprint density at radius 2 is 1.78 bits per heavy atom. The van der Waals surface area contributed by atoms with Crippen molar-refractivity contribution in [1.29, 1.82) is 0 Å². The van der Waals surface area contributed by atoms with Gasteiger partial charge in [0.25, 0.3) is 0 Å². The van der Waals surface area contributed by atoms with E-state index in [1.807, 2.05) is 25.1 Å². The third-order valence-electron chi connectivity index (χ3n) is 5.44. The van der Waals surface area contributed by atoms with Gasteiger partial charge in [0.2, 0.25) is 0 Å². The number of rotatable bonds is 3. The Morgan fingerprint density at radius 1 is 1.04 bits per heavy atom. The summed E-state index contributed by atoms with van der Waals surface area (Å²) < 4.78 is 16.4. The highest BCUT2D eigenvalue weighted by Gasteiger charge is 2.24. The fraction of sp³-hybridized carbons (Fsp3) is 0.364. The predicted molar refractivity (Wildman–Crippen MR) is 103 cm³/mol. The molecule has 2 aromatic carbocycles. The minimum Gasteiger partial charge on any atom is -0.497 e. The molecule has 4 rings (SSSR count). The van der Waals surface area contributed by atoms with Crippen molar-refractivity contribution in [2.45, 2.75) is 39.0 Å². The molecule has 0 unspecified atom stereocenters. The number of hydrogen-bond donors (Lipinski definition) is 0. The first-order valence-electron chi connectivity index (χ1n) is 9.34. The monoisotopic (exact) mass is 366 g/mol. The van der Waals surface area contributed by atoms with E-state index in [-0.39, 0.29) is 11.9 Å². The van der Waals surface area contributed by atoms with Crippen LogP contribution in [0.25, 0.3) is 21.7 Å². The molecule has 1 aliphatic rings. The van der Waals surface area contributed by atoms with E-state index in [0.29, 0.717) is 28.0 Å². The van der Waals surface area contributed by atoms with E-state index in [2.05, 4.69) is 0 Å². The molecule has 5 heteroatoms. The van der Waals surface area contributed by atoms with E-state index in [9.17, 15) is 9.59 Å². The molecule has 0 saturated heterocycles. The summed E-state index contributed by atoms with van der Waals surface area (Å²) in [5, 5.41) is 2.06. The average molecular weight is 366 g/mol. The Morgan fingerprint density at radius 3 is 2.52 bits per heavy atom. The van der Waals surface area contributed by atoms with Gasteiger partial charge in [0.15, 0.2) is 0 Å². The number of fused-ring (bicyclic) bond motifs is 3. The highest BCUT2D eigenvalue weighted by molar-refractivity contribution is 6.06. The van der Waals surface area contributed by atoms with Gasteiger partial charge in [-0.25, -0.2) is 4.79 Å². The number of esters is 1. The van der Waals surface area contributed by atoms with Crippen LogP contribution in [0.15, 0.2) is 39.5 Å². The number of aryl methyl sites for hydroxylation is 1. The largest absolute Gasteiger partial charge is 0.497 e. The van der Waals surface area contributed by atoms with Crippen LogP contribution in [0.1, 0.15) is 37.7 Å². The van der Waals surface area contributed by atoms with Crippen molar-refractivity contribution >= 4 is 27.7 Å². The van der Waals surface area contributed by atoms with Crippen LogP contribution in [-0.2, 0) is 4.79 Å². The van der Waals surface area contributed by atoms with Gasteiger partial charge in [0.1, 0.15) is 17.1 Å². The number of carbonyl (C=O) groups is 1. The maximum Gasteiger partial charge on any atom is 0.344 e. The molecule has 0 amide bonds. The number of carbonyl (C=O) groups excluding carboxylic acids is 1. The summed E-state index contributed by atoms with van der Waals surface area (Å²) in [6.45, 7) is 1.81. The van der Waals surface area contributed by atoms with Gasteiger partial charge in [-0.1, -0.05) is 19.3 Å². The summed E-state index contributed by atoms with van der Waals surface area (Å²) in [7, 11) is 1.56. The molecule has 0 aliphatic heterocycles. The van der Waals surface area contributed by atoms with E-state index in [1.54, 1.807) is 19.2 Å². The minimum atomic E-state index is -0.435. The van der Waals surface area contributed by atoms with Crippen LogP contribution in [-0.4, -0.2) is 13.1 Å². The molecule has 5 nitrogen and oxygen atoms in total. The van der Waals surface area contributed by atoms with Gasteiger partial charge in [0, 0.05) is 16.3 Å². The van der Waals surface area contributed by atoms with Gasteiger partial charge in [0.05, 0.1) is 18.4 Å². The summed E-state index contributed by atoms with van der Waals surface area (Å²) in [4.78, 5) is 24.9. The van der Waals surface area contributed by atoms with E-state index in [0.717, 1.165) is 36.5 Å². The van der Waals surface area contributed by atoms with Crippen LogP contribution in [0.5, 0.6) is 11.5 Å². The lowest BCUT2D eigenvalue weighted by Crippen LogP contribution is -2.23. The maximum atomic E-state index is 12.5. The van der Waals surface area contributed by atoms with Gasteiger partial charge in [-0.05, 0) is 50.1 Å². The maximum absolute atomic E-state index is 12.5. The zero-order valence-electron chi connectivity index (χ0n) is 15.5. The molecule has 1 heterocycles. The minimum absolute atomic E-state index is 0.0371. The van der Waals surface area contributed by atoms with E-state index < -0.39 is 5.63 Å². The van der Waals surface area contributed by atoms with Crippen LogP contribution >= 0.6 is 0 Å². The van der Waals surface area contributed by atoms with E-state index >= 15 is 0 Å². The van der Waals surface area contributed by atoms with Crippen LogP contribution in [0.3, 0.4) is 0 Å². The molecular weight excluding hydrogens is 344 g/mol. The van der Waals surface area contributed by atoms with Gasteiger partial charge in [-0.15, -0.1) is 0 Å². The highest BCUT2D eigenvalue weighted by Crippen LogP contribution is 2.33. The summed E-state index contributed by atoms with van der Waals surface area (Å²) in [5.74, 6) is 0.827. The highest BCUT2D eigenvalue weighted by atomic mass is 16.5. The van der Waals surface area contributed by atoms with Crippen LogP contribution in [0.2, 0.25) is 0 Å². The third-order valence-corrected chi connectivity index (χ3v) is 5.44. The van der Waals surface area contributed by atoms with Gasteiger partial charge in [-0.2, -0.15) is 0 Å². The Bertz CT molecular complexity index is 1070. The van der Waals surface area contributed by atoms with Crippen LogP contribution in [0.4, 0.5) is 0 Å². The van der Waals surface area contributed by atoms with Crippen molar-refractivity contribution in [1.82, 2.24) is 0 Å². The Hall–Kier alpha value is -2.82. The fourth-order valence-corrected chi connectivity index (χ4v) is 3.86. The van der Waals surface area contributed by atoms with Gasteiger partial charge in [-0.3, -0.25) is 4.79 Å². The normalized spacial score (nSPS) is 15.2. The zero-order chi connectivity index (χ0) is 19.0. The van der Waals surface area contributed by atoms with Crippen LogP contribution < -0.4 is 15.1 Å². The molecule has 1 aliphatic carbocycles. The average Bonchev–Trinajstić information content (AvgIpc) is 2.71. The summed E-state index contributed by atoms with van der Waals surface area (Å²) >= 11 is 0. The first-order valence-corrected chi connectivity index (χ1v) is 9.34. The first kappa shape index (κ1) is 17.6. The van der Waals surface area contributed by atoms with Crippen molar-refractivity contribution < 1.29 is 18.7 Å². The summed E-state index contributed by atoms with van der Waals surface area (Å²) in [6, 6.07) is 8.95. The lowest BCUT2D eigenvalue weighted by Gasteiger charge is -2.20. The molecule has 0 radical (unpaired) electrons. The Labute approximate surface area is 156 Å². The molecular formula is C22H22O5. The van der Waals surface area contributed by atoms with Crippen LogP contribution in [0, 0.1) is 12.8 Å². The third kappa shape index (κ3) is 3.18. The second-order valence-corrected chi connectivity index (χ2v) is 7.12. The second-order valence-electron chi connectivity index (χ2n) is 7.12. The molecule has 0 atom stereocenters. The standard InChI is InChI=1S/C22H22O5/c1-13-19(26-21(23)14-6-4-3-5-7-14)11-10-17-16-9-8-15(25-2)12-18(16)22(24)27-20(13)17/h8-12,14H,3-7H2,1-2H3. The molecule has 1 saturated carbocycles. The molecule has 0 N–H and O–H groups in total. The lowest BCUT2D eigenvalue weighted by molar-refractivity contribution is -0.140. The summed E-state index contributed by atoms with van der Waals surface area (Å²) in [6.07, 6.45) is 5.09.